The highest BCUT2D eigenvalue weighted by molar-refractivity contribution is 7.48. The van der Waals surface area contributed by atoms with Gasteiger partial charge in [0.25, 0.3) is 0 Å². The number of phosphoric acid groups is 1. The van der Waals surface area contributed by atoms with Gasteiger partial charge < -0.3 is 4.74 Å². The smallest absolute Gasteiger partial charge is 0.375 e. The van der Waals surface area contributed by atoms with Gasteiger partial charge in [-0.15, -0.1) is 0 Å². The maximum Gasteiger partial charge on any atom is 0.475 e. The zero-order valence-electron chi connectivity index (χ0n) is 12.6. The van der Waals surface area contributed by atoms with E-state index in [1.807, 2.05) is 13.0 Å². The number of nitriles is 1. The lowest BCUT2D eigenvalue weighted by atomic mass is 10.1. The number of rotatable bonds is 8. The van der Waals surface area contributed by atoms with Crippen LogP contribution < -0.4 is 0 Å². The first-order valence-corrected chi connectivity index (χ1v) is 7.92. The SMILES string of the molecule is [3H]C1CC(OP(=O)(OCCC#N)OC(C)C)C(CC)O1. The number of hydrogen-bond donors (Lipinski definition) is 0. The molecule has 1 fully saturated rings. The second-order valence-electron chi connectivity index (χ2n) is 4.47. The van der Waals surface area contributed by atoms with Crippen molar-refractivity contribution in [1.82, 2.24) is 0 Å². The van der Waals surface area contributed by atoms with E-state index in [0.717, 1.165) is 0 Å². The molecule has 0 aromatic heterocycles. The van der Waals surface area contributed by atoms with E-state index in [1.165, 1.54) is 0 Å². The lowest BCUT2D eigenvalue weighted by Crippen LogP contribution is -2.24. The van der Waals surface area contributed by atoms with Crippen LogP contribution in [-0.2, 0) is 22.9 Å². The van der Waals surface area contributed by atoms with E-state index in [2.05, 4.69) is 0 Å². The Bertz CT molecular complexity index is 387. The summed E-state index contributed by atoms with van der Waals surface area (Å²) in [6.45, 7) is 4.65. The van der Waals surface area contributed by atoms with Crippen molar-refractivity contribution in [2.45, 2.75) is 58.3 Å². The molecule has 1 aliphatic heterocycles. The summed E-state index contributed by atoms with van der Waals surface area (Å²) in [5.41, 5.74) is 0. The van der Waals surface area contributed by atoms with Crippen LogP contribution >= 0.6 is 7.82 Å². The van der Waals surface area contributed by atoms with E-state index < -0.39 is 20.5 Å². The molecule has 0 aromatic carbocycles. The van der Waals surface area contributed by atoms with Crippen molar-refractivity contribution in [3.63, 3.8) is 0 Å². The van der Waals surface area contributed by atoms with Crippen LogP contribution in [0.2, 0.25) is 0 Å². The highest BCUT2D eigenvalue weighted by Crippen LogP contribution is 2.53. The van der Waals surface area contributed by atoms with Crippen LogP contribution in [0.15, 0.2) is 0 Å². The van der Waals surface area contributed by atoms with Gasteiger partial charge in [0.15, 0.2) is 0 Å². The summed E-state index contributed by atoms with van der Waals surface area (Å²) >= 11 is 0. The molecular weight excluding hydrogens is 269 g/mol. The summed E-state index contributed by atoms with van der Waals surface area (Å²) < 4.78 is 41.4. The number of phosphoric ester groups is 1. The van der Waals surface area contributed by atoms with E-state index in [0.29, 0.717) is 12.8 Å². The second kappa shape index (κ2) is 7.98. The van der Waals surface area contributed by atoms with Gasteiger partial charge in [-0.2, -0.15) is 5.26 Å². The van der Waals surface area contributed by atoms with Crippen molar-refractivity contribution in [2.75, 3.05) is 13.2 Å². The fourth-order valence-electron chi connectivity index (χ4n) is 1.70. The summed E-state index contributed by atoms with van der Waals surface area (Å²) in [6, 6.07) is 1.90. The summed E-state index contributed by atoms with van der Waals surface area (Å²) in [6.07, 6.45) is -0.0350. The van der Waals surface area contributed by atoms with Gasteiger partial charge in [0.1, 0.15) is 0 Å². The fourth-order valence-corrected chi connectivity index (χ4v) is 3.25. The van der Waals surface area contributed by atoms with Gasteiger partial charge in [-0.25, -0.2) is 4.57 Å². The predicted octanol–water partition coefficient (Wildman–Crippen LogP) is 3.03. The molecule has 1 saturated heterocycles. The van der Waals surface area contributed by atoms with Crippen molar-refractivity contribution in [2.24, 2.45) is 0 Å². The summed E-state index contributed by atoms with van der Waals surface area (Å²) in [7, 11) is -3.75. The monoisotopic (exact) mass is 293 g/mol. The third-order valence-corrected chi connectivity index (χ3v) is 4.19. The third-order valence-electron chi connectivity index (χ3n) is 2.48. The molecule has 0 spiro atoms. The van der Waals surface area contributed by atoms with Crippen molar-refractivity contribution < 1.29 is 24.2 Å². The maximum atomic E-state index is 12.5. The Labute approximate surface area is 116 Å². The first kappa shape index (κ1) is 15.0. The minimum absolute atomic E-state index is 0.0187. The third kappa shape index (κ3) is 5.60. The molecule has 4 atom stereocenters. The van der Waals surface area contributed by atoms with E-state index in [4.69, 9.17) is 24.9 Å². The van der Waals surface area contributed by atoms with Crippen LogP contribution in [0.4, 0.5) is 0 Å². The molecule has 4 unspecified atom stereocenters. The zero-order chi connectivity index (χ0) is 15.2. The maximum absolute atomic E-state index is 12.5. The number of nitrogens with zero attached hydrogens (tertiary/aromatic N) is 1. The van der Waals surface area contributed by atoms with Gasteiger partial charge in [0, 0.05) is 13.0 Å². The van der Waals surface area contributed by atoms with Crippen LogP contribution in [0, 0.1) is 11.3 Å². The normalized spacial score (nSPS) is 30.9. The zero-order valence-corrected chi connectivity index (χ0v) is 12.5. The standard InChI is InChI=1S/C12H22NO5P/c1-4-11-12(6-9-15-11)18-19(14,17-10(2)3)16-8-5-7-13/h10-12H,4-6,8-9H2,1-3H3/i9T. The molecule has 1 heterocycles. The van der Waals surface area contributed by atoms with E-state index in [-0.39, 0.29) is 25.2 Å². The van der Waals surface area contributed by atoms with Gasteiger partial charge >= 0.3 is 7.82 Å². The Morgan fingerprint density at radius 3 is 2.95 bits per heavy atom. The average Bonchev–Trinajstić information content (AvgIpc) is 2.68. The minimum atomic E-state index is -3.75. The van der Waals surface area contributed by atoms with Gasteiger partial charge in [-0.1, -0.05) is 6.92 Å². The summed E-state index contributed by atoms with van der Waals surface area (Å²) in [5, 5.41) is 8.50. The Morgan fingerprint density at radius 1 is 1.63 bits per heavy atom. The summed E-state index contributed by atoms with van der Waals surface area (Å²) in [4.78, 5) is 0. The minimum Gasteiger partial charge on any atom is -0.375 e. The molecule has 0 aliphatic carbocycles. The molecule has 0 bridgehead atoms. The molecule has 19 heavy (non-hydrogen) atoms. The Hall–Kier alpha value is -0.440. The molecule has 1 rings (SSSR count). The fraction of sp³-hybridized carbons (Fsp3) is 0.917. The number of hydrogen-bond acceptors (Lipinski definition) is 6. The molecule has 0 aromatic rings. The molecule has 1 aliphatic rings. The molecule has 7 heteroatoms. The van der Waals surface area contributed by atoms with Crippen LogP contribution in [-0.4, -0.2) is 31.5 Å². The van der Waals surface area contributed by atoms with Crippen LogP contribution in [0.5, 0.6) is 0 Å². The number of ether oxygens (including phenoxy) is 1. The first-order valence-electron chi connectivity index (χ1n) is 7.04. The van der Waals surface area contributed by atoms with Gasteiger partial charge in [0.2, 0.25) is 0 Å². The van der Waals surface area contributed by atoms with Crippen molar-refractivity contribution >= 4 is 7.82 Å². The van der Waals surface area contributed by atoms with Gasteiger partial charge in [-0.3, -0.25) is 13.6 Å². The Balaban J connectivity index is 2.68. The first-order chi connectivity index (χ1) is 9.40. The molecule has 0 radical (unpaired) electrons. The van der Waals surface area contributed by atoms with Crippen molar-refractivity contribution in [3.05, 3.63) is 0 Å². The van der Waals surface area contributed by atoms with Gasteiger partial charge in [-0.05, 0) is 20.3 Å². The van der Waals surface area contributed by atoms with Crippen molar-refractivity contribution in [3.8, 4) is 6.07 Å². The molecular formula is C12H22NO5P. The van der Waals surface area contributed by atoms with Gasteiger partial charge in [0.05, 0.1) is 38.8 Å². The quantitative estimate of drug-likeness (QED) is 0.505. The topological polar surface area (TPSA) is 77.8 Å². The largest absolute Gasteiger partial charge is 0.475 e. The highest BCUT2D eigenvalue weighted by Gasteiger charge is 2.37. The summed E-state index contributed by atoms with van der Waals surface area (Å²) in [5.74, 6) is 0. The second-order valence-corrected chi connectivity index (χ2v) is 6.05. The molecule has 0 saturated carbocycles. The molecule has 0 amide bonds. The average molecular weight is 293 g/mol. The lowest BCUT2D eigenvalue weighted by Gasteiger charge is -2.24. The highest BCUT2D eigenvalue weighted by atomic mass is 31.2. The Morgan fingerprint density at radius 2 is 2.37 bits per heavy atom. The molecule has 0 N–H and O–H groups in total. The van der Waals surface area contributed by atoms with Crippen molar-refractivity contribution in [1.29, 1.82) is 5.26 Å². The van der Waals surface area contributed by atoms with Crippen LogP contribution in [0.3, 0.4) is 0 Å². The molecule has 6 nitrogen and oxygen atoms in total. The van der Waals surface area contributed by atoms with Crippen LogP contribution in [0.25, 0.3) is 0 Å². The lowest BCUT2D eigenvalue weighted by molar-refractivity contribution is 0.0156. The van der Waals surface area contributed by atoms with E-state index in [9.17, 15) is 4.57 Å². The van der Waals surface area contributed by atoms with Crippen LogP contribution in [0.1, 0.15) is 41.4 Å². The van der Waals surface area contributed by atoms with E-state index >= 15 is 0 Å². The predicted molar refractivity (Wildman–Crippen MR) is 69.5 cm³/mol. The molecule has 110 valence electrons. The Kier molecular flexibility index (Phi) is 6.29. The van der Waals surface area contributed by atoms with E-state index in [1.54, 1.807) is 13.8 Å².